The number of guanidine groups is 1. The van der Waals surface area contributed by atoms with Gasteiger partial charge in [0.25, 0.3) is 0 Å². The van der Waals surface area contributed by atoms with E-state index >= 15 is 0 Å². The van der Waals surface area contributed by atoms with Crippen LogP contribution in [0.2, 0.25) is 0 Å². The quantitative estimate of drug-likeness (QED) is 0.468. The Bertz CT molecular complexity index is 622. The van der Waals surface area contributed by atoms with Crippen molar-refractivity contribution in [2.24, 2.45) is 10.1 Å². The van der Waals surface area contributed by atoms with Gasteiger partial charge in [-0.05, 0) is 26.0 Å². The second-order valence-corrected chi connectivity index (χ2v) is 6.63. The molecule has 0 aliphatic carbocycles. The second kappa shape index (κ2) is 9.31. The first-order valence-corrected chi connectivity index (χ1v) is 8.96. The first kappa shape index (κ1) is 19.2. The number of benzene rings is 1. The largest absolute Gasteiger partial charge is 0.489 e. The first-order chi connectivity index (χ1) is 10.8. The molecule has 4 N–H and O–H groups in total. The smallest absolute Gasteiger partial charge is 0.210 e. The number of nitrogens with zero attached hydrogens (tertiary/aromatic N) is 1. The standard InChI is InChI=1S/C14H23FN4O3S/c1-3-17-14(18-7-8-23(16,20)21)19-10-11(2)22-13-6-4-5-12(15)9-13/h4-6,9,11H,3,7-8,10H2,1-2H3,(H2,16,20,21)(H2,17,18,19). The highest BCUT2D eigenvalue weighted by atomic mass is 32.2. The number of nitrogens with two attached hydrogens (primary N) is 1. The van der Waals surface area contributed by atoms with Crippen molar-refractivity contribution in [3.8, 4) is 5.75 Å². The Morgan fingerprint density at radius 1 is 1.43 bits per heavy atom. The van der Waals surface area contributed by atoms with Crippen LogP contribution >= 0.6 is 0 Å². The number of halogens is 1. The van der Waals surface area contributed by atoms with Crippen LogP contribution in [0.15, 0.2) is 29.3 Å². The molecule has 1 unspecified atom stereocenters. The molecule has 0 amide bonds. The molecule has 0 saturated carbocycles. The highest BCUT2D eigenvalue weighted by Crippen LogP contribution is 2.13. The van der Waals surface area contributed by atoms with Crippen LogP contribution in [0.3, 0.4) is 0 Å². The third-order valence-corrected chi connectivity index (χ3v) is 3.44. The fourth-order valence-electron chi connectivity index (χ4n) is 1.68. The van der Waals surface area contributed by atoms with Crippen molar-refractivity contribution >= 4 is 16.0 Å². The van der Waals surface area contributed by atoms with E-state index in [1.807, 2.05) is 13.8 Å². The van der Waals surface area contributed by atoms with Gasteiger partial charge in [0.2, 0.25) is 10.0 Å². The lowest BCUT2D eigenvalue weighted by molar-refractivity contribution is 0.229. The first-order valence-electron chi connectivity index (χ1n) is 7.25. The summed E-state index contributed by atoms with van der Waals surface area (Å²) in [7, 11) is -3.52. The molecule has 130 valence electrons. The van der Waals surface area contributed by atoms with Crippen molar-refractivity contribution in [2.75, 3.05) is 25.4 Å². The maximum Gasteiger partial charge on any atom is 0.210 e. The summed E-state index contributed by atoms with van der Waals surface area (Å²) in [5.74, 6) is 0.342. The highest BCUT2D eigenvalue weighted by Gasteiger charge is 2.07. The van der Waals surface area contributed by atoms with Gasteiger partial charge in [-0.2, -0.15) is 0 Å². The molecule has 0 heterocycles. The van der Waals surface area contributed by atoms with Gasteiger partial charge in [0.05, 0.1) is 12.3 Å². The van der Waals surface area contributed by atoms with Crippen LogP contribution in [-0.2, 0) is 10.0 Å². The lowest BCUT2D eigenvalue weighted by Crippen LogP contribution is -2.40. The molecule has 0 bridgehead atoms. The molecule has 0 aromatic heterocycles. The summed E-state index contributed by atoms with van der Waals surface area (Å²) in [5, 5.41) is 10.8. The number of aliphatic imine (C=N–C) groups is 1. The van der Waals surface area contributed by atoms with Gasteiger partial charge >= 0.3 is 0 Å². The van der Waals surface area contributed by atoms with Crippen molar-refractivity contribution in [3.05, 3.63) is 30.1 Å². The Labute approximate surface area is 136 Å². The number of nitrogens with one attached hydrogen (secondary N) is 2. The Hall–Kier alpha value is -1.87. The summed E-state index contributed by atoms with van der Waals surface area (Å²) in [5.41, 5.74) is 0. The Kier molecular flexibility index (Phi) is 7.76. The molecule has 1 rings (SSSR count). The zero-order chi connectivity index (χ0) is 17.3. The average Bonchev–Trinajstić information content (AvgIpc) is 2.43. The Morgan fingerprint density at radius 3 is 2.78 bits per heavy atom. The van der Waals surface area contributed by atoms with E-state index in [2.05, 4.69) is 15.6 Å². The van der Waals surface area contributed by atoms with Gasteiger partial charge in [0.15, 0.2) is 5.96 Å². The minimum Gasteiger partial charge on any atom is -0.489 e. The molecule has 0 fully saturated rings. The summed E-state index contributed by atoms with van der Waals surface area (Å²) in [4.78, 5) is 4.29. The number of hydrogen-bond acceptors (Lipinski definition) is 4. The molecular formula is C14H23FN4O3S. The van der Waals surface area contributed by atoms with Crippen LogP contribution in [0.25, 0.3) is 0 Å². The third-order valence-electron chi connectivity index (χ3n) is 2.66. The molecule has 0 aliphatic rings. The average molecular weight is 346 g/mol. The third kappa shape index (κ3) is 8.99. The molecule has 1 aromatic carbocycles. The van der Waals surface area contributed by atoms with E-state index < -0.39 is 10.0 Å². The SMILES string of the molecule is CCNC(=NCC(C)Oc1cccc(F)c1)NCCS(N)(=O)=O. The normalized spacial score (nSPS) is 13.5. The van der Waals surface area contributed by atoms with E-state index in [-0.39, 0.29) is 24.2 Å². The van der Waals surface area contributed by atoms with E-state index in [0.717, 1.165) is 0 Å². The summed E-state index contributed by atoms with van der Waals surface area (Å²) >= 11 is 0. The van der Waals surface area contributed by atoms with E-state index in [1.54, 1.807) is 12.1 Å². The van der Waals surface area contributed by atoms with Crippen LogP contribution in [0, 0.1) is 5.82 Å². The van der Waals surface area contributed by atoms with Crippen molar-refractivity contribution < 1.29 is 17.5 Å². The van der Waals surface area contributed by atoms with E-state index in [0.29, 0.717) is 24.8 Å². The summed E-state index contributed by atoms with van der Waals surface area (Å²) < 4.78 is 40.4. The molecule has 0 spiro atoms. The van der Waals surface area contributed by atoms with Gasteiger partial charge in [0, 0.05) is 19.2 Å². The summed E-state index contributed by atoms with van der Waals surface area (Å²) in [6, 6.07) is 5.88. The van der Waals surface area contributed by atoms with Crippen LogP contribution in [0.4, 0.5) is 4.39 Å². The predicted octanol–water partition coefficient (Wildman–Crippen LogP) is 0.437. The minimum absolute atomic E-state index is 0.157. The van der Waals surface area contributed by atoms with Crippen LogP contribution < -0.4 is 20.5 Å². The monoisotopic (exact) mass is 346 g/mol. The lowest BCUT2D eigenvalue weighted by atomic mass is 10.3. The molecule has 7 nitrogen and oxygen atoms in total. The number of sulfonamides is 1. The molecule has 0 aliphatic heterocycles. The molecular weight excluding hydrogens is 323 g/mol. The van der Waals surface area contributed by atoms with Gasteiger partial charge in [0.1, 0.15) is 17.7 Å². The predicted molar refractivity (Wildman–Crippen MR) is 88.4 cm³/mol. The van der Waals surface area contributed by atoms with Gasteiger partial charge in [-0.15, -0.1) is 0 Å². The molecule has 0 saturated heterocycles. The summed E-state index contributed by atoms with van der Waals surface area (Å²) in [6.45, 7) is 4.80. The van der Waals surface area contributed by atoms with E-state index in [4.69, 9.17) is 9.88 Å². The van der Waals surface area contributed by atoms with Crippen LogP contribution in [0.1, 0.15) is 13.8 Å². The molecule has 1 aromatic rings. The second-order valence-electron chi connectivity index (χ2n) is 4.90. The van der Waals surface area contributed by atoms with Crippen molar-refractivity contribution in [1.29, 1.82) is 0 Å². The van der Waals surface area contributed by atoms with Gasteiger partial charge in [-0.3, -0.25) is 0 Å². The zero-order valence-electron chi connectivity index (χ0n) is 13.3. The number of ether oxygens (including phenoxy) is 1. The maximum atomic E-state index is 13.1. The van der Waals surface area contributed by atoms with Crippen LogP contribution in [0.5, 0.6) is 5.75 Å². The highest BCUT2D eigenvalue weighted by molar-refractivity contribution is 7.89. The topological polar surface area (TPSA) is 106 Å². The minimum atomic E-state index is -3.52. The Morgan fingerprint density at radius 2 is 2.17 bits per heavy atom. The van der Waals surface area contributed by atoms with Gasteiger partial charge in [-0.1, -0.05) is 6.07 Å². The fourth-order valence-corrected chi connectivity index (χ4v) is 2.07. The molecule has 1 atom stereocenters. The lowest BCUT2D eigenvalue weighted by Gasteiger charge is -2.15. The maximum absolute atomic E-state index is 13.1. The van der Waals surface area contributed by atoms with Crippen molar-refractivity contribution in [3.63, 3.8) is 0 Å². The number of hydrogen-bond donors (Lipinski definition) is 3. The molecule has 0 radical (unpaired) electrons. The zero-order valence-corrected chi connectivity index (χ0v) is 14.1. The number of rotatable bonds is 8. The Balaban J connectivity index is 2.51. The fraction of sp³-hybridized carbons (Fsp3) is 0.500. The van der Waals surface area contributed by atoms with Gasteiger partial charge in [-0.25, -0.2) is 22.9 Å². The molecule has 9 heteroatoms. The number of primary sulfonamides is 1. The van der Waals surface area contributed by atoms with E-state index in [9.17, 15) is 12.8 Å². The van der Waals surface area contributed by atoms with Crippen molar-refractivity contribution in [1.82, 2.24) is 10.6 Å². The summed E-state index contributed by atoms with van der Waals surface area (Å²) in [6.07, 6.45) is -0.273. The van der Waals surface area contributed by atoms with Crippen LogP contribution in [-0.4, -0.2) is 45.9 Å². The van der Waals surface area contributed by atoms with Gasteiger partial charge < -0.3 is 15.4 Å². The molecule has 23 heavy (non-hydrogen) atoms. The van der Waals surface area contributed by atoms with E-state index in [1.165, 1.54) is 12.1 Å². The van der Waals surface area contributed by atoms with Crippen molar-refractivity contribution in [2.45, 2.75) is 20.0 Å².